The molecule has 0 aliphatic carbocycles. The van der Waals surface area contributed by atoms with Gasteiger partial charge in [0.15, 0.2) is 33.9 Å². The number of halogens is 1. The molecule has 0 saturated heterocycles. The molecule has 16 nitrogen and oxygen atoms in total. The minimum absolute atomic E-state index is 0.0216. The summed E-state index contributed by atoms with van der Waals surface area (Å²) in [7, 11) is 2.23. The Bertz CT molecular complexity index is 1780. The number of aromatic hydroxyl groups is 1. The van der Waals surface area contributed by atoms with Crippen LogP contribution < -0.4 is 15.9 Å². The number of hydrogen-bond donors (Lipinski definition) is 3. The van der Waals surface area contributed by atoms with Gasteiger partial charge in [-0.05, 0) is 11.6 Å². The summed E-state index contributed by atoms with van der Waals surface area (Å²) in [6, 6.07) is 0. The molecule has 0 bridgehead atoms. The molecule has 0 unspecified atom stereocenters. The van der Waals surface area contributed by atoms with Gasteiger partial charge in [0.05, 0.1) is 20.1 Å². The SMILES string of the molecule is CC(C)C(=O)Cl.COC(=O)c1c(O)c2nccnc2[nH]c1=O.COC(=O)c1c(OC(=O)C(C)C)c2nccnc2[nH]c1=O. The van der Waals surface area contributed by atoms with Crippen molar-refractivity contribution in [3.05, 3.63) is 56.6 Å². The van der Waals surface area contributed by atoms with E-state index in [9.17, 15) is 33.9 Å². The van der Waals surface area contributed by atoms with Crippen LogP contribution in [-0.4, -0.2) is 72.4 Å². The Hall–Kier alpha value is -5.25. The maximum atomic E-state index is 12.0. The molecule has 17 heteroatoms. The van der Waals surface area contributed by atoms with Crippen LogP contribution in [0.25, 0.3) is 22.3 Å². The van der Waals surface area contributed by atoms with Gasteiger partial charge < -0.3 is 29.3 Å². The Kier molecular flexibility index (Phi) is 11.9. The molecule has 0 saturated carbocycles. The van der Waals surface area contributed by atoms with E-state index >= 15 is 0 Å². The van der Waals surface area contributed by atoms with Crippen LogP contribution in [0.2, 0.25) is 0 Å². The first-order chi connectivity index (χ1) is 20.2. The molecule has 4 heterocycles. The number of methoxy groups -OCH3 is 2. The van der Waals surface area contributed by atoms with E-state index in [1.54, 1.807) is 27.7 Å². The minimum Gasteiger partial charge on any atom is -0.505 e. The summed E-state index contributed by atoms with van der Waals surface area (Å²) in [4.78, 5) is 88.4. The van der Waals surface area contributed by atoms with Crippen molar-refractivity contribution in [3.8, 4) is 11.5 Å². The number of aromatic nitrogens is 6. The zero-order valence-electron chi connectivity index (χ0n) is 23.8. The van der Waals surface area contributed by atoms with Gasteiger partial charge in [-0.15, -0.1) is 0 Å². The molecular formula is C26H27ClN6O10. The number of esters is 3. The summed E-state index contributed by atoms with van der Waals surface area (Å²) < 4.78 is 14.1. The number of rotatable bonds is 5. The van der Waals surface area contributed by atoms with Gasteiger partial charge in [0, 0.05) is 30.7 Å². The lowest BCUT2D eigenvalue weighted by atomic mass is 10.2. The molecule has 0 aliphatic heterocycles. The van der Waals surface area contributed by atoms with Gasteiger partial charge >= 0.3 is 17.9 Å². The summed E-state index contributed by atoms with van der Waals surface area (Å²) in [5.41, 5.74) is -2.05. The van der Waals surface area contributed by atoms with Gasteiger partial charge in [0.2, 0.25) is 5.24 Å². The Morgan fingerprint density at radius 2 is 1.16 bits per heavy atom. The number of carbonyl (C=O) groups is 4. The predicted octanol–water partition coefficient (Wildman–Crippen LogP) is 1.88. The van der Waals surface area contributed by atoms with E-state index in [1.807, 2.05) is 0 Å². The van der Waals surface area contributed by atoms with E-state index in [0.717, 1.165) is 14.2 Å². The fourth-order valence-electron chi connectivity index (χ4n) is 2.88. The lowest BCUT2D eigenvalue weighted by Crippen LogP contribution is -2.24. The van der Waals surface area contributed by atoms with Gasteiger partial charge in [0.1, 0.15) is 11.0 Å². The Morgan fingerprint density at radius 1 is 0.744 bits per heavy atom. The van der Waals surface area contributed by atoms with Crippen LogP contribution in [0.5, 0.6) is 11.5 Å². The van der Waals surface area contributed by atoms with E-state index < -0.39 is 51.8 Å². The van der Waals surface area contributed by atoms with Crippen molar-refractivity contribution >= 4 is 57.1 Å². The van der Waals surface area contributed by atoms with Crippen molar-refractivity contribution in [2.45, 2.75) is 27.7 Å². The molecule has 0 aromatic carbocycles. The molecule has 43 heavy (non-hydrogen) atoms. The Labute approximate surface area is 247 Å². The first-order valence-electron chi connectivity index (χ1n) is 12.3. The lowest BCUT2D eigenvalue weighted by molar-refractivity contribution is -0.137. The third-order valence-electron chi connectivity index (χ3n) is 5.12. The van der Waals surface area contributed by atoms with E-state index in [0.29, 0.717) is 0 Å². The molecular weight excluding hydrogens is 592 g/mol. The third kappa shape index (κ3) is 8.38. The molecule has 228 valence electrons. The van der Waals surface area contributed by atoms with Gasteiger partial charge in [-0.2, -0.15) is 0 Å². The number of H-pyrrole nitrogens is 2. The predicted molar refractivity (Wildman–Crippen MR) is 151 cm³/mol. The van der Waals surface area contributed by atoms with Crippen LogP contribution in [0.1, 0.15) is 48.4 Å². The van der Waals surface area contributed by atoms with Crippen molar-refractivity contribution in [3.63, 3.8) is 0 Å². The summed E-state index contributed by atoms with van der Waals surface area (Å²) in [6.07, 6.45) is 5.41. The maximum Gasteiger partial charge on any atom is 0.347 e. The number of nitrogens with one attached hydrogen (secondary N) is 2. The van der Waals surface area contributed by atoms with Gasteiger partial charge in [-0.25, -0.2) is 29.5 Å². The third-order valence-corrected chi connectivity index (χ3v) is 5.56. The molecule has 0 radical (unpaired) electrons. The average molecular weight is 619 g/mol. The van der Waals surface area contributed by atoms with Crippen LogP contribution in [-0.2, 0) is 19.1 Å². The minimum atomic E-state index is -0.925. The number of pyridine rings is 2. The second kappa shape index (κ2) is 15.1. The number of aromatic amines is 2. The average Bonchev–Trinajstić information content (AvgIpc) is 2.97. The van der Waals surface area contributed by atoms with E-state index in [1.165, 1.54) is 24.8 Å². The standard InChI is InChI=1S/C13H13N3O5.C9H7N3O4.C4H7ClO/c1-6(2)12(18)21-9-7(13(19)20-3)11(17)16-10-8(9)14-4-5-15-10;1-16-9(15)4-6(13)5-7(12-8(4)14)11-3-2-10-5;1-3(2)4(5)6/h4-6H,1-3H3,(H,15,16,17);2-3H,1H3,(H2,11,12,13,14);3H,1-2H3. The summed E-state index contributed by atoms with van der Waals surface area (Å²) in [5, 5.41) is 9.44. The summed E-state index contributed by atoms with van der Waals surface area (Å²) in [6.45, 7) is 6.77. The number of hydrogen-bond acceptors (Lipinski definition) is 14. The van der Waals surface area contributed by atoms with E-state index in [4.69, 9.17) is 16.3 Å². The molecule has 4 aromatic rings. The van der Waals surface area contributed by atoms with Gasteiger partial charge in [-0.3, -0.25) is 19.2 Å². The van der Waals surface area contributed by atoms with E-state index in [2.05, 4.69) is 39.4 Å². The van der Waals surface area contributed by atoms with Gasteiger partial charge in [-0.1, -0.05) is 27.7 Å². The smallest absolute Gasteiger partial charge is 0.347 e. The van der Waals surface area contributed by atoms with Crippen molar-refractivity contribution in [2.24, 2.45) is 11.8 Å². The fraction of sp³-hybridized carbons (Fsp3) is 0.308. The first-order valence-corrected chi connectivity index (χ1v) is 12.6. The molecule has 4 rings (SSSR count). The molecule has 3 N–H and O–H groups in total. The topological polar surface area (TPSA) is 233 Å². The van der Waals surface area contributed by atoms with Crippen LogP contribution in [0.3, 0.4) is 0 Å². The molecule has 0 spiro atoms. The van der Waals surface area contributed by atoms with Crippen LogP contribution in [0, 0.1) is 11.8 Å². The monoisotopic (exact) mass is 618 g/mol. The highest BCUT2D eigenvalue weighted by Crippen LogP contribution is 2.25. The first kappa shape index (κ1) is 34.0. The highest BCUT2D eigenvalue weighted by molar-refractivity contribution is 6.63. The molecule has 0 fully saturated rings. The zero-order chi connectivity index (χ0) is 32.4. The van der Waals surface area contributed by atoms with Crippen molar-refractivity contribution in [1.82, 2.24) is 29.9 Å². The van der Waals surface area contributed by atoms with Crippen LogP contribution in [0.15, 0.2) is 34.4 Å². The van der Waals surface area contributed by atoms with Crippen molar-refractivity contribution < 1.29 is 38.5 Å². The molecule has 0 aliphatic rings. The molecule has 0 amide bonds. The highest BCUT2D eigenvalue weighted by atomic mass is 35.5. The van der Waals surface area contributed by atoms with Crippen LogP contribution in [0.4, 0.5) is 0 Å². The summed E-state index contributed by atoms with van der Waals surface area (Å²) in [5.74, 6) is -3.68. The normalized spacial score (nSPS) is 10.3. The zero-order valence-corrected chi connectivity index (χ0v) is 24.5. The van der Waals surface area contributed by atoms with Crippen molar-refractivity contribution in [2.75, 3.05) is 14.2 Å². The largest absolute Gasteiger partial charge is 0.505 e. The molecule has 0 atom stereocenters. The van der Waals surface area contributed by atoms with Crippen molar-refractivity contribution in [1.29, 1.82) is 0 Å². The number of nitrogens with zero attached hydrogens (tertiary/aromatic N) is 4. The van der Waals surface area contributed by atoms with Crippen LogP contribution >= 0.6 is 11.6 Å². The number of fused-ring (bicyclic) bond motifs is 2. The van der Waals surface area contributed by atoms with E-state index in [-0.39, 0.29) is 39.2 Å². The maximum absolute atomic E-state index is 12.0. The number of carbonyl (C=O) groups excluding carboxylic acids is 4. The Morgan fingerprint density at radius 3 is 1.63 bits per heavy atom. The highest BCUT2D eigenvalue weighted by Gasteiger charge is 2.26. The second-order valence-electron chi connectivity index (χ2n) is 8.86. The second-order valence-corrected chi connectivity index (χ2v) is 9.23. The molecule has 4 aromatic heterocycles. The van der Waals surface area contributed by atoms with Gasteiger partial charge in [0.25, 0.3) is 11.1 Å². The fourth-order valence-corrected chi connectivity index (χ4v) is 2.88. The quantitative estimate of drug-likeness (QED) is 0.214. The Balaban J connectivity index is 0.000000259. The lowest BCUT2D eigenvalue weighted by Gasteiger charge is -2.11. The summed E-state index contributed by atoms with van der Waals surface area (Å²) >= 11 is 4.97. The number of ether oxygens (including phenoxy) is 3.